The van der Waals surface area contributed by atoms with Crippen LogP contribution < -0.4 is 5.32 Å². The molecular weight excluding hydrogens is 276 g/mol. The summed E-state index contributed by atoms with van der Waals surface area (Å²) >= 11 is 0. The molecule has 1 aliphatic heterocycles. The molecule has 1 aliphatic rings. The standard InChI is InChI=1S/C11H22N2O3S.ClH/c1-4-11(6-5-7-12-11)10(14)13(2)8-9-17(3,15)16;/h12H,4-9H2,1-3H3;1H. The molecule has 1 N–H and O–H groups in total. The van der Waals surface area contributed by atoms with Crippen LogP contribution in [0.4, 0.5) is 0 Å². The molecule has 0 aromatic heterocycles. The lowest BCUT2D eigenvalue weighted by Crippen LogP contribution is -2.54. The molecule has 1 rings (SSSR count). The van der Waals surface area contributed by atoms with Crippen LogP contribution in [0.1, 0.15) is 26.2 Å². The Kier molecular flexibility index (Phi) is 6.60. The molecule has 0 spiro atoms. The molecule has 7 heteroatoms. The molecule has 1 amide bonds. The van der Waals surface area contributed by atoms with Gasteiger partial charge in [0, 0.05) is 19.8 Å². The minimum absolute atomic E-state index is 0. The molecule has 0 aliphatic carbocycles. The van der Waals surface area contributed by atoms with E-state index in [1.54, 1.807) is 7.05 Å². The van der Waals surface area contributed by atoms with Crippen molar-refractivity contribution < 1.29 is 13.2 Å². The largest absolute Gasteiger partial charge is 0.343 e. The third-order valence-electron chi connectivity index (χ3n) is 3.40. The monoisotopic (exact) mass is 298 g/mol. The molecular formula is C11H23ClN2O3S. The zero-order valence-electron chi connectivity index (χ0n) is 11.2. The van der Waals surface area contributed by atoms with Gasteiger partial charge in [0.1, 0.15) is 9.84 Å². The normalized spacial score (nSPS) is 23.5. The fraction of sp³-hybridized carbons (Fsp3) is 0.909. The summed E-state index contributed by atoms with van der Waals surface area (Å²) in [5, 5.41) is 3.26. The topological polar surface area (TPSA) is 66.5 Å². The molecule has 1 saturated heterocycles. The minimum Gasteiger partial charge on any atom is -0.343 e. The third kappa shape index (κ3) is 4.40. The maximum Gasteiger partial charge on any atom is 0.242 e. The van der Waals surface area contributed by atoms with Gasteiger partial charge in [-0.15, -0.1) is 12.4 Å². The molecule has 0 aromatic carbocycles. The van der Waals surface area contributed by atoms with Crippen LogP contribution in [-0.2, 0) is 14.6 Å². The van der Waals surface area contributed by atoms with Crippen molar-refractivity contribution in [2.75, 3.05) is 32.1 Å². The number of likely N-dealkylation sites (N-methyl/N-ethyl adjacent to an activating group) is 1. The summed E-state index contributed by atoms with van der Waals surface area (Å²) in [6, 6.07) is 0. The molecule has 0 aromatic rings. The number of halogens is 1. The first kappa shape index (κ1) is 17.7. The minimum atomic E-state index is -3.02. The highest BCUT2D eigenvalue weighted by Crippen LogP contribution is 2.24. The van der Waals surface area contributed by atoms with Crippen molar-refractivity contribution in [1.29, 1.82) is 0 Å². The van der Waals surface area contributed by atoms with Crippen molar-refractivity contribution in [3.8, 4) is 0 Å². The van der Waals surface area contributed by atoms with E-state index in [1.807, 2.05) is 6.92 Å². The van der Waals surface area contributed by atoms with E-state index in [0.29, 0.717) is 0 Å². The number of amides is 1. The lowest BCUT2D eigenvalue weighted by molar-refractivity contribution is -0.136. The highest BCUT2D eigenvalue weighted by molar-refractivity contribution is 7.90. The Morgan fingerprint density at radius 1 is 1.44 bits per heavy atom. The highest BCUT2D eigenvalue weighted by atomic mass is 35.5. The van der Waals surface area contributed by atoms with Crippen LogP contribution in [0.25, 0.3) is 0 Å². The second-order valence-electron chi connectivity index (χ2n) is 4.82. The summed E-state index contributed by atoms with van der Waals surface area (Å²) in [6.07, 6.45) is 3.77. The van der Waals surface area contributed by atoms with Gasteiger partial charge < -0.3 is 10.2 Å². The molecule has 108 valence electrons. The van der Waals surface area contributed by atoms with Gasteiger partial charge in [-0.2, -0.15) is 0 Å². The van der Waals surface area contributed by atoms with E-state index in [0.717, 1.165) is 25.8 Å². The van der Waals surface area contributed by atoms with Crippen LogP contribution in [0.15, 0.2) is 0 Å². The lowest BCUT2D eigenvalue weighted by atomic mass is 9.92. The smallest absolute Gasteiger partial charge is 0.242 e. The number of carbonyl (C=O) groups excluding carboxylic acids is 1. The number of nitrogens with zero attached hydrogens (tertiary/aromatic N) is 1. The highest BCUT2D eigenvalue weighted by Gasteiger charge is 2.40. The van der Waals surface area contributed by atoms with Gasteiger partial charge in [0.2, 0.25) is 5.91 Å². The van der Waals surface area contributed by atoms with Crippen molar-refractivity contribution in [3.63, 3.8) is 0 Å². The summed E-state index contributed by atoms with van der Waals surface area (Å²) in [4.78, 5) is 13.8. The van der Waals surface area contributed by atoms with Crippen LogP contribution in [-0.4, -0.2) is 56.9 Å². The van der Waals surface area contributed by atoms with Gasteiger partial charge in [0.15, 0.2) is 0 Å². The first-order chi connectivity index (χ1) is 7.81. The van der Waals surface area contributed by atoms with Crippen molar-refractivity contribution in [2.45, 2.75) is 31.7 Å². The first-order valence-electron chi connectivity index (χ1n) is 5.99. The van der Waals surface area contributed by atoms with E-state index in [-0.39, 0.29) is 30.6 Å². The fourth-order valence-corrected chi connectivity index (χ4v) is 2.82. The van der Waals surface area contributed by atoms with E-state index in [4.69, 9.17) is 0 Å². The second-order valence-corrected chi connectivity index (χ2v) is 7.08. The molecule has 18 heavy (non-hydrogen) atoms. The van der Waals surface area contributed by atoms with E-state index >= 15 is 0 Å². The van der Waals surface area contributed by atoms with Crippen LogP contribution in [0, 0.1) is 0 Å². The summed E-state index contributed by atoms with van der Waals surface area (Å²) in [7, 11) is -1.35. The number of rotatable bonds is 5. The first-order valence-corrected chi connectivity index (χ1v) is 8.05. The molecule has 1 heterocycles. The maximum absolute atomic E-state index is 12.3. The van der Waals surface area contributed by atoms with Gasteiger partial charge in [-0.3, -0.25) is 4.79 Å². The number of nitrogens with one attached hydrogen (secondary N) is 1. The summed E-state index contributed by atoms with van der Waals surface area (Å²) in [5.74, 6) is 0.0378. The summed E-state index contributed by atoms with van der Waals surface area (Å²) in [5.41, 5.74) is -0.466. The molecule has 0 radical (unpaired) electrons. The number of sulfone groups is 1. The number of carbonyl (C=O) groups is 1. The molecule has 0 bridgehead atoms. The molecule has 1 unspecified atom stereocenters. The molecule has 1 atom stereocenters. The molecule has 0 saturated carbocycles. The molecule has 1 fully saturated rings. The average molecular weight is 299 g/mol. The quantitative estimate of drug-likeness (QED) is 0.800. The van der Waals surface area contributed by atoms with Gasteiger partial charge in [0.25, 0.3) is 0 Å². The lowest BCUT2D eigenvalue weighted by Gasteiger charge is -2.31. The van der Waals surface area contributed by atoms with Gasteiger partial charge in [-0.05, 0) is 25.8 Å². The van der Waals surface area contributed by atoms with Crippen LogP contribution >= 0.6 is 12.4 Å². The predicted octanol–water partition coefficient (Wildman–Crippen LogP) is 0.443. The van der Waals surface area contributed by atoms with E-state index in [9.17, 15) is 13.2 Å². The van der Waals surface area contributed by atoms with Crippen molar-refractivity contribution >= 4 is 28.2 Å². The third-order valence-corrected chi connectivity index (χ3v) is 4.32. The Morgan fingerprint density at radius 3 is 2.44 bits per heavy atom. The van der Waals surface area contributed by atoms with Crippen LogP contribution in [0.5, 0.6) is 0 Å². The van der Waals surface area contributed by atoms with Gasteiger partial charge in [-0.25, -0.2) is 8.42 Å². The zero-order chi connectivity index (χ0) is 13.1. The van der Waals surface area contributed by atoms with Crippen molar-refractivity contribution in [1.82, 2.24) is 10.2 Å². The van der Waals surface area contributed by atoms with E-state index < -0.39 is 15.4 Å². The predicted molar refractivity (Wildman–Crippen MR) is 74.9 cm³/mol. The fourth-order valence-electron chi connectivity index (χ4n) is 2.21. The van der Waals surface area contributed by atoms with Gasteiger partial charge >= 0.3 is 0 Å². The SMILES string of the molecule is CCC1(C(=O)N(C)CCS(C)(=O)=O)CCCN1.Cl. The average Bonchev–Trinajstić information content (AvgIpc) is 2.73. The van der Waals surface area contributed by atoms with Crippen molar-refractivity contribution in [3.05, 3.63) is 0 Å². The Bertz CT molecular complexity index is 378. The van der Waals surface area contributed by atoms with Crippen LogP contribution in [0.3, 0.4) is 0 Å². The number of hydrogen-bond acceptors (Lipinski definition) is 4. The maximum atomic E-state index is 12.3. The van der Waals surface area contributed by atoms with Gasteiger partial charge in [0.05, 0.1) is 11.3 Å². The number of hydrogen-bond donors (Lipinski definition) is 1. The Morgan fingerprint density at radius 2 is 2.06 bits per heavy atom. The second kappa shape index (κ2) is 6.73. The molecule has 5 nitrogen and oxygen atoms in total. The summed E-state index contributed by atoms with van der Waals surface area (Å²) < 4.78 is 22.2. The van der Waals surface area contributed by atoms with Gasteiger partial charge in [-0.1, -0.05) is 6.92 Å². The Hall–Kier alpha value is -0.330. The summed E-state index contributed by atoms with van der Waals surface area (Å²) in [6.45, 7) is 3.11. The van der Waals surface area contributed by atoms with Crippen LogP contribution in [0.2, 0.25) is 0 Å². The zero-order valence-corrected chi connectivity index (χ0v) is 12.9. The van der Waals surface area contributed by atoms with E-state index in [1.165, 1.54) is 11.2 Å². The Labute approximate surface area is 116 Å². The van der Waals surface area contributed by atoms with Crippen molar-refractivity contribution in [2.24, 2.45) is 0 Å². The van der Waals surface area contributed by atoms with E-state index in [2.05, 4.69) is 5.32 Å². The Balaban J connectivity index is 0.00000289.